The Bertz CT molecular complexity index is 896. The fourth-order valence-corrected chi connectivity index (χ4v) is 3.79. The number of hydrogen-bond donors (Lipinski definition) is 0. The maximum atomic E-state index is 12.1. The van der Waals surface area contributed by atoms with Crippen molar-refractivity contribution in [3.63, 3.8) is 0 Å². The molecule has 0 N–H and O–H groups in total. The summed E-state index contributed by atoms with van der Waals surface area (Å²) < 4.78 is 15.8. The Morgan fingerprint density at radius 3 is 2.55 bits per heavy atom. The second-order valence-corrected chi connectivity index (χ2v) is 8.94. The highest BCUT2D eigenvalue weighted by Crippen LogP contribution is 2.24. The minimum atomic E-state index is -0.401. The SMILES string of the molecule is CC(=O)OC(CC=C1CC(C=C(C)C)OC1=O)C(C)=CCCC(C)=CCCC1=CC(=O)OC1. The Balaban J connectivity index is 1.88. The smallest absolute Gasteiger partial charge is 0.334 e. The lowest BCUT2D eigenvalue weighted by Gasteiger charge is -2.16. The Morgan fingerprint density at radius 1 is 1.15 bits per heavy atom. The van der Waals surface area contributed by atoms with Crippen LogP contribution in [0.5, 0.6) is 0 Å². The molecule has 2 heterocycles. The van der Waals surface area contributed by atoms with E-state index in [1.807, 2.05) is 32.9 Å². The Labute approximate surface area is 197 Å². The molecule has 2 aliphatic heterocycles. The van der Waals surface area contributed by atoms with Crippen LogP contribution in [0, 0.1) is 0 Å². The second kappa shape index (κ2) is 13.0. The maximum Gasteiger partial charge on any atom is 0.334 e. The van der Waals surface area contributed by atoms with Gasteiger partial charge in [-0.25, -0.2) is 9.59 Å². The third-order valence-electron chi connectivity index (χ3n) is 5.54. The molecule has 0 amide bonds. The summed E-state index contributed by atoms with van der Waals surface area (Å²) in [5, 5.41) is 0. The number of carbonyl (C=O) groups is 3. The Morgan fingerprint density at radius 2 is 1.91 bits per heavy atom. The topological polar surface area (TPSA) is 78.9 Å². The van der Waals surface area contributed by atoms with Crippen molar-refractivity contribution in [3.05, 3.63) is 58.2 Å². The van der Waals surface area contributed by atoms with Crippen molar-refractivity contribution >= 4 is 17.9 Å². The molecule has 0 aromatic rings. The van der Waals surface area contributed by atoms with Crippen LogP contribution >= 0.6 is 0 Å². The first-order valence-electron chi connectivity index (χ1n) is 11.5. The van der Waals surface area contributed by atoms with Crippen LogP contribution in [0.25, 0.3) is 0 Å². The summed E-state index contributed by atoms with van der Waals surface area (Å²) in [6.07, 6.45) is 13.4. The lowest BCUT2D eigenvalue weighted by Crippen LogP contribution is -2.17. The molecule has 1 fully saturated rings. The third-order valence-corrected chi connectivity index (χ3v) is 5.54. The molecule has 2 atom stereocenters. The quantitative estimate of drug-likeness (QED) is 0.178. The number of carbonyl (C=O) groups excluding carboxylic acids is 3. The number of allylic oxidation sites excluding steroid dienone is 4. The van der Waals surface area contributed by atoms with Crippen molar-refractivity contribution in [2.75, 3.05) is 6.61 Å². The lowest BCUT2D eigenvalue weighted by atomic mass is 10.0. The predicted molar refractivity (Wildman–Crippen MR) is 127 cm³/mol. The van der Waals surface area contributed by atoms with Gasteiger partial charge in [-0.05, 0) is 70.6 Å². The van der Waals surface area contributed by atoms with Crippen LogP contribution in [0.4, 0.5) is 0 Å². The summed E-state index contributed by atoms with van der Waals surface area (Å²) in [6.45, 7) is 9.80. The first-order valence-corrected chi connectivity index (χ1v) is 11.5. The van der Waals surface area contributed by atoms with Crippen molar-refractivity contribution in [3.8, 4) is 0 Å². The zero-order valence-electron chi connectivity index (χ0n) is 20.4. The van der Waals surface area contributed by atoms with Gasteiger partial charge in [0.25, 0.3) is 0 Å². The van der Waals surface area contributed by atoms with Gasteiger partial charge in [-0.3, -0.25) is 4.79 Å². The normalized spacial score (nSPS) is 20.9. The minimum absolute atomic E-state index is 0.217. The molecule has 2 aliphatic rings. The number of esters is 3. The van der Waals surface area contributed by atoms with E-state index < -0.39 is 6.10 Å². The standard InChI is InChI=1S/C27H36O6/c1-18(2)14-24-16-23(27(30)33-24)12-13-25(32-21(5)28)20(4)10-6-8-19(3)9-7-11-22-15-26(29)31-17-22/h9-10,12,14-15,24-25H,6-8,11,13,16-17H2,1-5H3. The molecule has 180 valence electrons. The molecule has 6 heteroatoms. The molecule has 0 aliphatic carbocycles. The largest absolute Gasteiger partial charge is 0.458 e. The monoisotopic (exact) mass is 456 g/mol. The summed E-state index contributed by atoms with van der Waals surface area (Å²) in [5.41, 5.74) is 5.01. The zero-order valence-corrected chi connectivity index (χ0v) is 20.4. The van der Waals surface area contributed by atoms with Crippen LogP contribution in [0.1, 0.15) is 73.1 Å². The predicted octanol–water partition coefficient (Wildman–Crippen LogP) is 5.45. The van der Waals surface area contributed by atoms with Crippen LogP contribution < -0.4 is 0 Å². The summed E-state index contributed by atoms with van der Waals surface area (Å²) in [6, 6.07) is 0. The van der Waals surface area contributed by atoms with Gasteiger partial charge in [-0.2, -0.15) is 0 Å². The van der Waals surface area contributed by atoms with Crippen LogP contribution in [0.3, 0.4) is 0 Å². The molecule has 0 saturated carbocycles. The fourth-order valence-electron chi connectivity index (χ4n) is 3.79. The van der Waals surface area contributed by atoms with Crippen molar-refractivity contribution < 1.29 is 28.6 Å². The molecule has 2 rings (SSSR count). The second-order valence-electron chi connectivity index (χ2n) is 8.94. The van der Waals surface area contributed by atoms with Crippen LogP contribution in [-0.2, 0) is 28.6 Å². The van der Waals surface area contributed by atoms with Gasteiger partial charge in [0.1, 0.15) is 18.8 Å². The average Bonchev–Trinajstić information content (AvgIpc) is 3.28. The number of cyclic esters (lactones) is 2. The van der Waals surface area contributed by atoms with E-state index in [4.69, 9.17) is 14.2 Å². The van der Waals surface area contributed by atoms with Crippen molar-refractivity contribution in [2.45, 2.75) is 85.4 Å². The van der Waals surface area contributed by atoms with Gasteiger partial charge in [0, 0.05) is 31.4 Å². The van der Waals surface area contributed by atoms with Gasteiger partial charge in [0.05, 0.1) is 0 Å². The van der Waals surface area contributed by atoms with E-state index in [1.54, 1.807) is 6.08 Å². The number of rotatable bonds is 11. The minimum Gasteiger partial charge on any atom is -0.458 e. The van der Waals surface area contributed by atoms with E-state index in [1.165, 1.54) is 12.5 Å². The highest BCUT2D eigenvalue weighted by molar-refractivity contribution is 5.91. The van der Waals surface area contributed by atoms with Gasteiger partial charge in [0.2, 0.25) is 0 Å². The third kappa shape index (κ3) is 9.64. The molecule has 2 unspecified atom stereocenters. The number of ether oxygens (including phenoxy) is 3. The highest BCUT2D eigenvalue weighted by Gasteiger charge is 2.27. The maximum absolute atomic E-state index is 12.1. The molecule has 0 aromatic heterocycles. The van der Waals surface area contributed by atoms with Crippen LogP contribution in [0.15, 0.2) is 58.2 Å². The molecule has 6 nitrogen and oxygen atoms in total. The molecule has 1 saturated heterocycles. The fraction of sp³-hybridized carbons (Fsp3) is 0.519. The molecule has 0 bridgehead atoms. The average molecular weight is 457 g/mol. The van der Waals surface area contributed by atoms with Gasteiger partial charge in [-0.1, -0.05) is 29.4 Å². The Kier molecular flexibility index (Phi) is 10.4. The van der Waals surface area contributed by atoms with E-state index >= 15 is 0 Å². The first kappa shape index (κ1) is 26.4. The zero-order chi connectivity index (χ0) is 24.4. The van der Waals surface area contributed by atoms with Crippen LogP contribution in [0.2, 0.25) is 0 Å². The number of hydrogen-bond acceptors (Lipinski definition) is 6. The van der Waals surface area contributed by atoms with E-state index in [9.17, 15) is 14.4 Å². The van der Waals surface area contributed by atoms with Crippen molar-refractivity contribution in [1.29, 1.82) is 0 Å². The summed E-state index contributed by atoms with van der Waals surface area (Å²) in [7, 11) is 0. The first-order chi connectivity index (χ1) is 15.6. The van der Waals surface area contributed by atoms with E-state index in [0.717, 1.165) is 42.4 Å². The van der Waals surface area contributed by atoms with Gasteiger partial charge in [0.15, 0.2) is 0 Å². The Hall–Kier alpha value is -2.89. The molecule has 0 spiro atoms. The van der Waals surface area contributed by atoms with Gasteiger partial charge in [-0.15, -0.1) is 0 Å². The van der Waals surface area contributed by atoms with Gasteiger partial charge < -0.3 is 14.2 Å². The summed E-state index contributed by atoms with van der Waals surface area (Å²) >= 11 is 0. The lowest BCUT2D eigenvalue weighted by molar-refractivity contribution is -0.144. The van der Waals surface area contributed by atoms with Crippen molar-refractivity contribution in [2.24, 2.45) is 0 Å². The molecule has 0 aromatic carbocycles. The molecular formula is C27H36O6. The molecular weight excluding hydrogens is 420 g/mol. The highest BCUT2D eigenvalue weighted by atomic mass is 16.6. The van der Waals surface area contributed by atoms with E-state index in [2.05, 4.69) is 19.1 Å². The van der Waals surface area contributed by atoms with Gasteiger partial charge >= 0.3 is 17.9 Å². The van der Waals surface area contributed by atoms with E-state index in [-0.39, 0.29) is 24.0 Å². The molecule has 33 heavy (non-hydrogen) atoms. The summed E-state index contributed by atoms with van der Waals surface area (Å²) in [4.78, 5) is 34.8. The van der Waals surface area contributed by atoms with E-state index in [0.29, 0.717) is 25.0 Å². The molecule has 0 radical (unpaired) electrons. The summed E-state index contributed by atoms with van der Waals surface area (Å²) in [5.74, 6) is -0.894. The van der Waals surface area contributed by atoms with Crippen molar-refractivity contribution in [1.82, 2.24) is 0 Å². The van der Waals surface area contributed by atoms with Crippen LogP contribution in [-0.4, -0.2) is 36.7 Å².